The zero-order chi connectivity index (χ0) is 11.2. The third kappa shape index (κ3) is 1.31. The second-order valence-corrected chi connectivity index (χ2v) is 5.52. The van der Waals surface area contributed by atoms with Crippen molar-refractivity contribution in [3.8, 4) is 0 Å². The van der Waals surface area contributed by atoms with Crippen LogP contribution in [0.3, 0.4) is 0 Å². The lowest BCUT2D eigenvalue weighted by Gasteiger charge is -2.42. The van der Waals surface area contributed by atoms with Crippen LogP contribution in [0.5, 0.6) is 0 Å². The Bertz CT molecular complexity index is 296. The van der Waals surface area contributed by atoms with Crippen molar-refractivity contribution in [2.45, 2.75) is 44.0 Å². The van der Waals surface area contributed by atoms with Gasteiger partial charge in [0.25, 0.3) is 0 Å². The van der Waals surface area contributed by atoms with E-state index < -0.39 is 0 Å². The summed E-state index contributed by atoms with van der Waals surface area (Å²) in [7, 11) is 0. The maximum Gasteiger partial charge on any atom is 0.171 e. The van der Waals surface area contributed by atoms with E-state index in [1.807, 2.05) is 6.08 Å². The Kier molecular flexibility index (Phi) is 2.39. The van der Waals surface area contributed by atoms with E-state index in [1.54, 1.807) is 0 Å². The average molecular weight is 224 g/mol. The minimum absolute atomic E-state index is 0.0625. The van der Waals surface area contributed by atoms with Gasteiger partial charge in [0.15, 0.2) is 5.79 Å². The van der Waals surface area contributed by atoms with Crippen LogP contribution in [-0.4, -0.2) is 30.2 Å². The van der Waals surface area contributed by atoms with Crippen LogP contribution in [0, 0.1) is 11.3 Å². The summed E-state index contributed by atoms with van der Waals surface area (Å²) in [6.07, 6.45) is 6.44. The second kappa shape index (κ2) is 3.56. The minimum atomic E-state index is -0.359. The lowest BCUT2D eigenvalue weighted by Crippen LogP contribution is -2.43. The van der Waals surface area contributed by atoms with Gasteiger partial charge in [0.05, 0.1) is 19.3 Å². The third-order valence-electron chi connectivity index (χ3n) is 4.79. The molecule has 0 aromatic heterocycles. The summed E-state index contributed by atoms with van der Waals surface area (Å²) in [6.45, 7) is 5.23. The van der Waals surface area contributed by atoms with E-state index in [-0.39, 0.29) is 17.3 Å². The molecular formula is C13H20O3. The number of allylic oxidation sites excluding steroid dienone is 1. The predicted molar refractivity (Wildman–Crippen MR) is 59.8 cm³/mol. The molecule has 1 heterocycles. The molecule has 3 fully saturated rings. The Balaban J connectivity index is 1.84. The smallest absolute Gasteiger partial charge is 0.171 e. The molecule has 0 radical (unpaired) electrons. The Morgan fingerprint density at radius 1 is 1.31 bits per heavy atom. The summed E-state index contributed by atoms with van der Waals surface area (Å²) in [4.78, 5) is 0. The highest BCUT2D eigenvalue weighted by molar-refractivity contribution is 5.08. The number of aliphatic hydroxyl groups is 1. The van der Waals surface area contributed by atoms with Crippen molar-refractivity contribution in [3.05, 3.63) is 12.7 Å². The van der Waals surface area contributed by atoms with Crippen LogP contribution in [0.1, 0.15) is 32.1 Å². The van der Waals surface area contributed by atoms with Gasteiger partial charge in [0.1, 0.15) is 0 Å². The van der Waals surface area contributed by atoms with Crippen molar-refractivity contribution in [1.29, 1.82) is 0 Å². The van der Waals surface area contributed by atoms with Crippen LogP contribution >= 0.6 is 0 Å². The van der Waals surface area contributed by atoms with E-state index in [4.69, 9.17) is 9.47 Å². The molecule has 0 amide bonds. The van der Waals surface area contributed by atoms with Crippen LogP contribution in [-0.2, 0) is 9.47 Å². The summed E-state index contributed by atoms with van der Waals surface area (Å²) in [5, 5.41) is 10.3. The molecule has 90 valence electrons. The molecule has 3 aliphatic rings. The van der Waals surface area contributed by atoms with Crippen LogP contribution in [0.2, 0.25) is 0 Å². The highest BCUT2D eigenvalue weighted by Crippen LogP contribution is 2.59. The van der Waals surface area contributed by atoms with Crippen molar-refractivity contribution in [2.75, 3.05) is 13.2 Å². The zero-order valence-electron chi connectivity index (χ0n) is 9.65. The molecule has 3 atom stereocenters. The minimum Gasteiger partial charge on any atom is -0.393 e. The van der Waals surface area contributed by atoms with Gasteiger partial charge >= 0.3 is 0 Å². The van der Waals surface area contributed by atoms with E-state index in [2.05, 4.69) is 6.58 Å². The van der Waals surface area contributed by atoms with Crippen molar-refractivity contribution in [1.82, 2.24) is 0 Å². The monoisotopic (exact) mass is 224 g/mol. The van der Waals surface area contributed by atoms with Gasteiger partial charge in [-0.2, -0.15) is 0 Å². The number of hydrogen-bond acceptors (Lipinski definition) is 3. The number of rotatable bonds is 2. The van der Waals surface area contributed by atoms with Gasteiger partial charge in [-0.3, -0.25) is 0 Å². The van der Waals surface area contributed by atoms with Gasteiger partial charge in [0.2, 0.25) is 0 Å². The van der Waals surface area contributed by atoms with Crippen LogP contribution in [0.25, 0.3) is 0 Å². The summed E-state index contributed by atoms with van der Waals surface area (Å²) < 4.78 is 11.6. The molecule has 0 aromatic rings. The summed E-state index contributed by atoms with van der Waals surface area (Å²) >= 11 is 0. The predicted octanol–water partition coefficient (Wildman–Crippen LogP) is 1.86. The number of aliphatic hydroxyl groups excluding tert-OH is 1. The largest absolute Gasteiger partial charge is 0.393 e. The highest BCUT2D eigenvalue weighted by Gasteiger charge is 2.59. The molecule has 1 N–H and O–H groups in total. The van der Waals surface area contributed by atoms with Gasteiger partial charge in [-0.05, 0) is 25.7 Å². The molecule has 0 unspecified atom stereocenters. The Morgan fingerprint density at radius 3 is 2.75 bits per heavy atom. The number of fused-ring (bicyclic) bond motifs is 3. The van der Waals surface area contributed by atoms with Crippen molar-refractivity contribution >= 4 is 0 Å². The number of hydrogen-bond donors (Lipinski definition) is 1. The van der Waals surface area contributed by atoms with E-state index in [0.29, 0.717) is 19.1 Å². The van der Waals surface area contributed by atoms with Gasteiger partial charge in [0, 0.05) is 17.8 Å². The molecule has 1 spiro atoms. The standard InChI is InChI=1S/C13H20O3/c1-2-3-12-4-5-13(15-6-7-16-13)10(9-12)8-11(12)14/h2,10-11,14H,1,3-9H2/t10-,11-,12-/m0/s1. The Hall–Kier alpha value is -0.380. The lowest BCUT2D eigenvalue weighted by molar-refractivity contribution is -0.214. The summed E-state index contributed by atoms with van der Waals surface area (Å²) in [5.74, 6) is 0.0148. The first kappa shape index (κ1) is 10.8. The van der Waals surface area contributed by atoms with Gasteiger partial charge in [-0.1, -0.05) is 6.08 Å². The van der Waals surface area contributed by atoms with E-state index in [0.717, 1.165) is 32.1 Å². The molecule has 2 bridgehead atoms. The second-order valence-electron chi connectivity index (χ2n) is 5.52. The summed E-state index contributed by atoms with van der Waals surface area (Å²) in [5.41, 5.74) is 0.0625. The Morgan fingerprint density at radius 2 is 2.06 bits per heavy atom. The zero-order valence-corrected chi connectivity index (χ0v) is 9.65. The van der Waals surface area contributed by atoms with Gasteiger partial charge < -0.3 is 14.6 Å². The molecule has 2 saturated carbocycles. The number of ether oxygens (including phenoxy) is 2. The fourth-order valence-electron chi connectivity index (χ4n) is 3.92. The molecule has 3 nitrogen and oxygen atoms in total. The molecule has 2 aliphatic carbocycles. The Labute approximate surface area is 96.4 Å². The maximum absolute atomic E-state index is 10.3. The first-order valence-corrected chi connectivity index (χ1v) is 6.28. The molecule has 3 heteroatoms. The van der Waals surface area contributed by atoms with E-state index in [1.165, 1.54) is 0 Å². The maximum atomic E-state index is 10.3. The normalized spacial score (nSPS) is 45.1. The molecule has 16 heavy (non-hydrogen) atoms. The van der Waals surface area contributed by atoms with Crippen molar-refractivity contribution in [2.24, 2.45) is 11.3 Å². The molecule has 1 aliphatic heterocycles. The third-order valence-corrected chi connectivity index (χ3v) is 4.79. The van der Waals surface area contributed by atoms with Crippen molar-refractivity contribution in [3.63, 3.8) is 0 Å². The van der Waals surface area contributed by atoms with Crippen molar-refractivity contribution < 1.29 is 14.6 Å². The molecule has 3 rings (SSSR count). The molecule has 0 aromatic carbocycles. The van der Waals surface area contributed by atoms with Crippen LogP contribution in [0.15, 0.2) is 12.7 Å². The fourth-order valence-corrected chi connectivity index (χ4v) is 3.92. The lowest BCUT2D eigenvalue weighted by atomic mass is 9.70. The first-order chi connectivity index (χ1) is 7.71. The SMILES string of the molecule is C=CC[C@@]12CCC3(OCCO3)[C@@H](C[C@@H]1O)C2. The van der Waals surface area contributed by atoms with Gasteiger partial charge in [-0.15, -0.1) is 6.58 Å². The molecular weight excluding hydrogens is 204 g/mol. The first-order valence-electron chi connectivity index (χ1n) is 6.28. The topological polar surface area (TPSA) is 38.7 Å². The highest BCUT2D eigenvalue weighted by atomic mass is 16.7. The van der Waals surface area contributed by atoms with Gasteiger partial charge in [-0.25, -0.2) is 0 Å². The van der Waals surface area contributed by atoms with E-state index >= 15 is 0 Å². The average Bonchev–Trinajstić information content (AvgIpc) is 2.81. The van der Waals surface area contributed by atoms with Crippen LogP contribution < -0.4 is 0 Å². The summed E-state index contributed by atoms with van der Waals surface area (Å²) in [6, 6.07) is 0. The quantitative estimate of drug-likeness (QED) is 0.728. The molecule has 1 saturated heterocycles. The van der Waals surface area contributed by atoms with E-state index in [9.17, 15) is 5.11 Å². The fraction of sp³-hybridized carbons (Fsp3) is 0.846. The van der Waals surface area contributed by atoms with Crippen LogP contribution in [0.4, 0.5) is 0 Å².